The predicted octanol–water partition coefficient (Wildman–Crippen LogP) is 1.00. The molecule has 1 aliphatic heterocycles. The number of carbonyl (C=O) groups excluding carboxylic acids is 1. The largest absolute Gasteiger partial charge is 0.339 e. The van der Waals surface area contributed by atoms with Crippen molar-refractivity contribution >= 4 is 17.2 Å². The van der Waals surface area contributed by atoms with E-state index >= 15 is 0 Å². The first kappa shape index (κ1) is 13.5. The molecule has 0 bridgehead atoms. The number of nitrogens with zero attached hydrogens (tertiary/aromatic N) is 2. The summed E-state index contributed by atoms with van der Waals surface area (Å²) in [5.41, 5.74) is 0. The number of amides is 1. The van der Waals surface area contributed by atoms with Crippen molar-refractivity contribution in [2.75, 3.05) is 39.3 Å². The first-order valence-corrected chi connectivity index (χ1v) is 7.41. The third-order valence-corrected chi connectivity index (χ3v) is 4.10. The number of hydrogen-bond acceptors (Lipinski definition) is 4. The average molecular weight is 267 g/mol. The molecule has 2 rings (SSSR count). The first-order valence-electron chi connectivity index (χ1n) is 6.53. The van der Waals surface area contributed by atoms with Crippen molar-refractivity contribution in [2.45, 2.75) is 13.5 Å². The lowest BCUT2D eigenvalue weighted by atomic mass is 10.3. The molecule has 100 valence electrons. The third kappa shape index (κ3) is 3.80. The number of nitrogens with one attached hydrogen (secondary N) is 1. The van der Waals surface area contributed by atoms with E-state index in [1.165, 1.54) is 4.88 Å². The van der Waals surface area contributed by atoms with Crippen molar-refractivity contribution in [3.05, 3.63) is 22.4 Å². The molecule has 18 heavy (non-hydrogen) atoms. The summed E-state index contributed by atoms with van der Waals surface area (Å²) in [6.07, 6.45) is 0. The Hall–Kier alpha value is -0.910. The fourth-order valence-corrected chi connectivity index (χ4v) is 2.85. The maximum Gasteiger partial charge on any atom is 0.236 e. The molecule has 0 atom stereocenters. The summed E-state index contributed by atoms with van der Waals surface area (Å²) >= 11 is 1.75. The minimum atomic E-state index is 0.259. The van der Waals surface area contributed by atoms with E-state index < -0.39 is 0 Å². The van der Waals surface area contributed by atoms with Crippen LogP contribution in [0.2, 0.25) is 0 Å². The summed E-state index contributed by atoms with van der Waals surface area (Å²) in [7, 11) is 0. The predicted molar refractivity (Wildman–Crippen MR) is 74.7 cm³/mol. The Morgan fingerprint density at radius 2 is 2.28 bits per heavy atom. The second-order valence-corrected chi connectivity index (χ2v) is 5.55. The van der Waals surface area contributed by atoms with Gasteiger partial charge in [0.25, 0.3) is 0 Å². The summed E-state index contributed by atoms with van der Waals surface area (Å²) in [4.78, 5) is 17.7. The van der Waals surface area contributed by atoms with Crippen LogP contribution in [0.5, 0.6) is 0 Å². The highest BCUT2D eigenvalue weighted by atomic mass is 32.1. The van der Waals surface area contributed by atoms with Crippen molar-refractivity contribution < 1.29 is 4.79 Å². The SMILES string of the molecule is CCN(CC(=O)N1CCNCC1)Cc1cccs1. The van der Waals surface area contributed by atoms with Gasteiger partial charge in [-0.1, -0.05) is 13.0 Å². The van der Waals surface area contributed by atoms with Crippen LogP contribution in [0.3, 0.4) is 0 Å². The van der Waals surface area contributed by atoms with Gasteiger partial charge in [0.05, 0.1) is 6.54 Å². The van der Waals surface area contributed by atoms with E-state index in [9.17, 15) is 4.79 Å². The number of likely N-dealkylation sites (N-methyl/N-ethyl adjacent to an activating group) is 1. The summed E-state index contributed by atoms with van der Waals surface area (Å²) in [6, 6.07) is 4.19. The van der Waals surface area contributed by atoms with E-state index in [1.54, 1.807) is 11.3 Å². The Bertz CT molecular complexity index is 360. The van der Waals surface area contributed by atoms with Gasteiger partial charge in [-0.3, -0.25) is 9.69 Å². The van der Waals surface area contributed by atoms with Gasteiger partial charge in [-0.05, 0) is 18.0 Å². The van der Waals surface area contributed by atoms with Gasteiger partial charge in [0.2, 0.25) is 5.91 Å². The molecule has 1 saturated heterocycles. The summed E-state index contributed by atoms with van der Waals surface area (Å²) < 4.78 is 0. The average Bonchev–Trinajstić information content (AvgIpc) is 2.91. The highest BCUT2D eigenvalue weighted by Crippen LogP contribution is 2.11. The van der Waals surface area contributed by atoms with Crippen LogP contribution in [-0.4, -0.2) is 55.0 Å². The molecule has 0 unspecified atom stereocenters. The molecule has 1 fully saturated rings. The lowest BCUT2D eigenvalue weighted by Gasteiger charge is -2.29. The molecule has 1 amide bonds. The highest BCUT2D eigenvalue weighted by Gasteiger charge is 2.18. The van der Waals surface area contributed by atoms with E-state index in [4.69, 9.17) is 0 Å². The molecule has 0 saturated carbocycles. The maximum absolute atomic E-state index is 12.2. The second-order valence-electron chi connectivity index (χ2n) is 4.51. The number of rotatable bonds is 5. The van der Waals surface area contributed by atoms with Gasteiger partial charge in [-0.15, -0.1) is 11.3 Å². The van der Waals surface area contributed by atoms with E-state index in [1.807, 2.05) is 4.90 Å². The van der Waals surface area contributed by atoms with Crippen LogP contribution in [0.1, 0.15) is 11.8 Å². The normalized spacial score (nSPS) is 16.2. The van der Waals surface area contributed by atoms with Crippen LogP contribution in [0.15, 0.2) is 17.5 Å². The molecule has 0 aliphatic carbocycles. The maximum atomic E-state index is 12.2. The van der Waals surface area contributed by atoms with Crippen molar-refractivity contribution in [2.24, 2.45) is 0 Å². The van der Waals surface area contributed by atoms with Gasteiger partial charge in [0, 0.05) is 37.6 Å². The van der Waals surface area contributed by atoms with Crippen molar-refractivity contribution in [3.8, 4) is 0 Å². The minimum absolute atomic E-state index is 0.259. The summed E-state index contributed by atoms with van der Waals surface area (Å²) in [6.45, 7) is 7.96. The van der Waals surface area contributed by atoms with Gasteiger partial charge in [0.1, 0.15) is 0 Å². The Morgan fingerprint density at radius 1 is 1.50 bits per heavy atom. The first-order chi connectivity index (χ1) is 8.79. The van der Waals surface area contributed by atoms with Gasteiger partial charge in [-0.25, -0.2) is 0 Å². The van der Waals surface area contributed by atoms with Gasteiger partial charge in [0.15, 0.2) is 0 Å². The molecule has 0 aromatic carbocycles. The van der Waals surface area contributed by atoms with Crippen LogP contribution in [0.4, 0.5) is 0 Å². The molecule has 1 aromatic rings. The van der Waals surface area contributed by atoms with Crippen LogP contribution < -0.4 is 5.32 Å². The monoisotopic (exact) mass is 267 g/mol. The van der Waals surface area contributed by atoms with Gasteiger partial charge < -0.3 is 10.2 Å². The molecule has 4 nitrogen and oxygen atoms in total. The molecule has 1 aliphatic rings. The number of hydrogen-bond donors (Lipinski definition) is 1. The second kappa shape index (κ2) is 6.87. The third-order valence-electron chi connectivity index (χ3n) is 3.24. The van der Waals surface area contributed by atoms with E-state index in [2.05, 4.69) is 34.7 Å². The Balaban J connectivity index is 1.83. The van der Waals surface area contributed by atoms with Crippen LogP contribution in [0.25, 0.3) is 0 Å². The zero-order chi connectivity index (χ0) is 12.8. The zero-order valence-electron chi connectivity index (χ0n) is 10.9. The number of thiophene rings is 1. The lowest BCUT2D eigenvalue weighted by Crippen LogP contribution is -2.49. The Labute approximate surface area is 113 Å². The van der Waals surface area contributed by atoms with Crippen molar-refractivity contribution in [1.82, 2.24) is 15.1 Å². The topological polar surface area (TPSA) is 35.6 Å². The quantitative estimate of drug-likeness (QED) is 0.864. The highest BCUT2D eigenvalue weighted by molar-refractivity contribution is 7.09. The molecular formula is C13H21N3OS. The van der Waals surface area contributed by atoms with E-state index in [0.29, 0.717) is 6.54 Å². The smallest absolute Gasteiger partial charge is 0.236 e. The number of piperazine rings is 1. The number of carbonyl (C=O) groups is 1. The molecular weight excluding hydrogens is 246 g/mol. The van der Waals surface area contributed by atoms with Crippen LogP contribution >= 0.6 is 11.3 Å². The summed E-state index contributed by atoms with van der Waals surface area (Å²) in [5.74, 6) is 0.259. The molecule has 0 radical (unpaired) electrons. The Kier molecular flexibility index (Phi) is 5.16. The van der Waals surface area contributed by atoms with Gasteiger partial charge in [-0.2, -0.15) is 0 Å². The molecule has 1 aromatic heterocycles. The van der Waals surface area contributed by atoms with E-state index in [0.717, 1.165) is 39.3 Å². The zero-order valence-corrected chi connectivity index (χ0v) is 11.7. The fourth-order valence-electron chi connectivity index (χ4n) is 2.11. The summed E-state index contributed by atoms with van der Waals surface area (Å²) in [5, 5.41) is 5.35. The fraction of sp³-hybridized carbons (Fsp3) is 0.615. The minimum Gasteiger partial charge on any atom is -0.339 e. The molecule has 2 heterocycles. The van der Waals surface area contributed by atoms with E-state index in [-0.39, 0.29) is 5.91 Å². The van der Waals surface area contributed by atoms with Gasteiger partial charge >= 0.3 is 0 Å². The lowest BCUT2D eigenvalue weighted by molar-refractivity contribution is -0.133. The van der Waals surface area contributed by atoms with Crippen molar-refractivity contribution in [1.29, 1.82) is 0 Å². The molecule has 5 heteroatoms. The van der Waals surface area contributed by atoms with Crippen LogP contribution in [-0.2, 0) is 11.3 Å². The molecule has 0 spiro atoms. The Morgan fingerprint density at radius 3 is 2.89 bits per heavy atom. The van der Waals surface area contributed by atoms with Crippen molar-refractivity contribution in [3.63, 3.8) is 0 Å². The van der Waals surface area contributed by atoms with Crippen LogP contribution in [0, 0.1) is 0 Å². The molecule has 1 N–H and O–H groups in total. The standard InChI is InChI=1S/C13H21N3OS/c1-2-15(10-12-4-3-9-18-12)11-13(17)16-7-5-14-6-8-16/h3-4,9,14H,2,5-8,10-11H2,1H3.